The fourth-order valence-electron chi connectivity index (χ4n) is 3.65. The number of benzene rings is 1. The van der Waals surface area contributed by atoms with Crippen molar-refractivity contribution < 1.29 is 14.3 Å². The van der Waals surface area contributed by atoms with Crippen molar-refractivity contribution in [3.8, 4) is 0 Å². The Labute approximate surface area is 137 Å². The van der Waals surface area contributed by atoms with Crippen LogP contribution in [-0.2, 0) is 9.53 Å². The number of nitrogens with zero attached hydrogens (tertiary/aromatic N) is 1. The van der Waals surface area contributed by atoms with Gasteiger partial charge in [0, 0.05) is 24.9 Å². The summed E-state index contributed by atoms with van der Waals surface area (Å²) in [5.41, 5.74) is 1.83. The van der Waals surface area contributed by atoms with Crippen LogP contribution in [0.2, 0.25) is 0 Å². The molecule has 1 saturated carbocycles. The van der Waals surface area contributed by atoms with Crippen molar-refractivity contribution in [3.05, 3.63) is 35.4 Å². The fraction of sp³-hybridized carbons (Fsp3) is 0.579. The predicted octanol–water partition coefficient (Wildman–Crippen LogP) is 3.13. The van der Waals surface area contributed by atoms with Gasteiger partial charge < -0.3 is 9.64 Å². The lowest BCUT2D eigenvalue weighted by atomic mass is 9.90. The molecule has 2 unspecified atom stereocenters. The van der Waals surface area contributed by atoms with Gasteiger partial charge in [0.25, 0.3) is 0 Å². The number of Topliss-reactive ketones (excluding diaryl/α,β-unsaturated/α-hetero) is 1. The number of ketones is 1. The molecular formula is C19H25NO3. The molecule has 2 fully saturated rings. The zero-order valence-electron chi connectivity index (χ0n) is 13.8. The second-order valence-electron chi connectivity index (χ2n) is 6.64. The summed E-state index contributed by atoms with van der Waals surface area (Å²) >= 11 is 0. The number of hydrogen-bond acceptors (Lipinski definition) is 3. The first kappa shape index (κ1) is 16.2. The van der Waals surface area contributed by atoms with Crippen molar-refractivity contribution in [1.82, 2.24) is 4.90 Å². The highest BCUT2D eigenvalue weighted by Crippen LogP contribution is 2.29. The SMILES string of the molecule is Cc1ccc(C(=O)CCC(=O)N2CCOC3CCCCC32)cc1. The van der Waals surface area contributed by atoms with Gasteiger partial charge in [0.05, 0.1) is 18.8 Å². The normalized spacial score (nSPS) is 24.1. The third kappa shape index (κ3) is 3.81. The molecule has 124 valence electrons. The van der Waals surface area contributed by atoms with Crippen molar-refractivity contribution in [2.75, 3.05) is 13.2 Å². The minimum Gasteiger partial charge on any atom is -0.374 e. The Balaban J connectivity index is 1.56. The number of amides is 1. The van der Waals surface area contributed by atoms with Gasteiger partial charge in [-0.05, 0) is 19.8 Å². The van der Waals surface area contributed by atoms with E-state index in [4.69, 9.17) is 4.74 Å². The second-order valence-corrected chi connectivity index (χ2v) is 6.64. The highest BCUT2D eigenvalue weighted by Gasteiger charge is 2.36. The number of carbonyl (C=O) groups is 2. The highest BCUT2D eigenvalue weighted by atomic mass is 16.5. The molecule has 2 aliphatic rings. The Bertz CT molecular complexity index is 564. The van der Waals surface area contributed by atoms with Crippen molar-refractivity contribution in [2.45, 2.75) is 57.6 Å². The van der Waals surface area contributed by atoms with E-state index >= 15 is 0 Å². The van der Waals surface area contributed by atoms with E-state index in [9.17, 15) is 9.59 Å². The minimum absolute atomic E-state index is 0.0480. The van der Waals surface area contributed by atoms with Gasteiger partial charge in [0.15, 0.2) is 5.78 Å². The molecule has 0 spiro atoms. The van der Waals surface area contributed by atoms with Crippen molar-refractivity contribution in [1.29, 1.82) is 0 Å². The fourth-order valence-corrected chi connectivity index (χ4v) is 3.65. The summed E-state index contributed by atoms with van der Waals surface area (Å²) in [5, 5.41) is 0. The van der Waals surface area contributed by atoms with E-state index in [2.05, 4.69) is 0 Å². The standard InChI is InChI=1S/C19H25NO3/c1-14-6-8-15(9-7-14)17(21)10-11-19(22)20-12-13-23-18-5-3-2-4-16(18)20/h6-9,16,18H,2-5,10-13H2,1H3. The molecule has 4 nitrogen and oxygen atoms in total. The van der Waals surface area contributed by atoms with Crippen LogP contribution >= 0.6 is 0 Å². The molecule has 1 amide bonds. The zero-order valence-corrected chi connectivity index (χ0v) is 13.8. The molecule has 23 heavy (non-hydrogen) atoms. The van der Waals surface area contributed by atoms with Crippen LogP contribution in [0.5, 0.6) is 0 Å². The minimum atomic E-state index is 0.0480. The second kappa shape index (κ2) is 7.26. The first-order valence-corrected chi connectivity index (χ1v) is 8.66. The smallest absolute Gasteiger partial charge is 0.223 e. The highest BCUT2D eigenvalue weighted by molar-refractivity contribution is 5.98. The van der Waals surface area contributed by atoms with Crippen LogP contribution in [0.1, 0.15) is 54.4 Å². The molecule has 1 heterocycles. The average molecular weight is 315 g/mol. The first-order valence-electron chi connectivity index (χ1n) is 8.66. The van der Waals surface area contributed by atoms with Crippen LogP contribution in [0.15, 0.2) is 24.3 Å². The monoisotopic (exact) mass is 315 g/mol. The van der Waals surface area contributed by atoms with Crippen molar-refractivity contribution in [2.24, 2.45) is 0 Å². The molecule has 0 bridgehead atoms. The maximum absolute atomic E-state index is 12.6. The number of morpholine rings is 1. The lowest BCUT2D eigenvalue weighted by Gasteiger charge is -2.43. The maximum atomic E-state index is 12.6. The van der Waals surface area contributed by atoms with Gasteiger partial charge in [-0.25, -0.2) is 0 Å². The van der Waals surface area contributed by atoms with Crippen LogP contribution in [0.25, 0.3) is 0 Å². The molecule has 3 rings (SSSR count). The molecule has 0 N–H and O–H groups in total. The third-order valence-electron chi connectivity index (χ3n) is 4.99. The maximum Gasteiger partial charge on any atom is 0.223 e. The molecule has 1 aliphatic carbocycles. The van der Waals surface area contributed by atoms with Crippen LogP contribution in [0, 0.1) is 6.92 Å². The topological polar surface area (TPSA) is 46.6 Å². The number of ether oxygens (including phenoxy) is 1. The molecule has 1 aliphatic heterocycles. The zero-order chi connectivity index (χ0) is 16.2. The summed E-state index contributed by atoms with van der Waals surface area (Å²) < 4.78 is 5.81. The van der Waals surface area contributed by atoms with Gasteiger partial charge in [0.1, 0.15) is 0 Å². The van der Waals surface area contributed by atoms with Crippen LogP contribution in [-0.4, -0.2) is 41.9 Å². The van der Waals surface area contributed by atoms with E-state index in [1.54, 1.807) is 0 Å². The van der Waals surface area contributed by atoms with Gasteiger partial charge in [-0.3, -0.25) is 9.59 Å². The lowest BCUT2D eigenvalue weighted by molar-refractivity contribution is -0.149. The molecule has 2 atom stereocenters. The van der Waals surface area contributed by atoms with Gasteiger partial charge in [-0.2, -0.15) is 0 Å². The Morgan fingerprint density at radius 2 is 1.87 bits per heavy atom. The number of aryl methyl sites for hydroxylation is 1. The summed E-state index contributed by atoms with van der Waals surface area (Å²) in [6.07, 6.45) is 5.23. The Morgan fingerprint density at radius 3 is 2.65 bits per heavy atom. The summed E-state index contributed by atoms with van der Waals surface area (Å²) in [5.74, 6) is 0.150. The van der Waals surface area contributed by atoms with Gasteiger partial charge >= 0.3 is 0 Å². The van der Waals surface area contributed by atoms with Gasteiger partial charge in [0.2, 0.25) is 5.91 Å². The largest absolute Gasteiger partial charge is 0.374 e. The van der Waals surface area contributed by atoms with E-state index in [0.717, 1.165) is 24.8 Å². The molecule has 1 aromatic rings. The van der Waals surface area contributed by atoms with Crippen molar-refractivity contribution in [3.63, 3.8) is 0 Å². The molecule has 0 radical (unpaired) electrons. The Morgan fingerprint density at radius 1 is 1.13 bits per heavy atom. The van der Waals surface area contributed by atoms with E-state index in [0.29, 0.717) is 25.1 Å². The average Bonchev–Trinajstić information content (AvgIpc) is 2.59. The number of carbonyl (C=O) groups excluding carboxylic acids is 2. The molecule has 4 heteroatoms. The number of hydrogen-bond donors (Lipinski definition) is 0. The van der Waals surface area contributed by atoms with Crippen LogP contribution < -0.4 is 0 Å². The summed E-state index contributed by atoms with van der Waals surface area (Å²) in [6, 6.07) is 7.77. The van der Waals surface area contributed by atoms with E-state index in [1.165, 1.54) is 6.42 Å². The van der Waals surface area contributed by atoms with Gasteiger partial charge in [-0.15, -0.1) is 0 Å². The first-order chi connectivity index (χ1) is 11.1. The van der Waals surface area contributed by atoms with Crippen LogP contribution in [0.4, 0.5) is 0 Å². The lowest BCUT2D eigenvalue weighted by Crippen LogP contribution is -2.54. The molecule has 1 aromatic carbocycles. The Kier molecular flexibility index (Phi) is 5.11. The van der Waals surface area contributed by atoms with Crippen molar-refractivity contribution >= 4 is 11.7 Å². The van der Waals surface area contributed by atoms with Crippen LogP contribution in [0.3, 0.4) is 0 Å². The quantitative estimate of drug-likeness (QED) is 0.802. The summed E-state index contributed by atoms with van der Waals surface area (Å²) in [7, 11) is 0. The van der Waals surface area contributed by atoms with E-state index in [-0.39, 0.29) is 30.3 Å². The van der Waals surface area contributed by atoms with Gasteiger partial charge in [-0.1, -0.05) is 42.7 Å². The summed E-state index contributed by atoms with van der Waals surface area (Å²) in [4.78, 5) is 26.8. The molecule has 1 saturated heterocycles. The predicted molar refractivity (Wildman–Crippen MR) is 88.5 cm³/mol. The molecular weight excluding hydrogens is 290 g/mol. The number of fused-ring (bicyclic) bond motifs is 1. The number of rotatable bonds is 4. The molecule has 0 aromatic heterocycles. The van der Waals surface area contributed by atoms with E-state index in [1.807, 2.05) is 36.1 Å². The Hall–Kier alpha value is -1.68. The van der Waals surface area contributed by atoms with E-state index < -0.39 is 0 Å². The summed E-state index contributed by atoms with van der Waals surface area (Å²) in [6.45, 7) is 3.29. The third-order valence-corrected chi connectivity index (χ3v) is 4.99.